The van der Waals surface area contributed by atoms with Crippen LogP contribution in [0.25, 0.3) is 10.4 Å². The van der Waals surface area contributed by atoms with E-state index in [4.69, 9.17) is 29.2 Å². The van der Waals surface area contributed by atoms with E-state index < -0.39 is 46.5 Å². The second-order valence-electron chi connectivity index (χ2n) is 29.6. The van der Waals surface area contributed by atoms with Crippen LogP contribution in [0.1, 0.15) is 236 Å². The number of anilines is 3. The molecule has 0 spiro atoms. The fourth-order valence-electron chi connectivity index (χ4n) is 12.9. The molecule has 7 rings (SSSR count). The van der Waals surface area contributed by atoms with E-state index in [0.29, 0.717) is 108 Å². The van der Waals surface area contributed by atoms with Crippen LogP contribution in [0.5, 0.6) is 0 Å². The number of nitrogens with one attached hydrogen (secondary N) is 7. The Labute approximate surface area is 592 Å². The van der Waals surface area contributed by atoms with Gasteiger partial charge in [0.05, 0.1) is 38.5 Å². The van der Waals surface area contributed by atoms with Gasteiger partial charge in [0.15, 0.2) is 0 Å². The van der Waals surface area contributed by atoms with Gasteiger partial charge in [-0.25, -0.2) is 14.4 Å². The molecule has 3 aromatic rings. The predicted octanol–water partition coefficient (Wildman–Crippen LogP) is 13.0. The number of rotatable bonds is 41. The lowest BCUT2D eigenvalue weighted by Crippen LogP contribution is -2.43. The summed E-state index contributed by atoms with van der Waals surface area (Å²) < 4.78 is 27.8. The van der Waals surface area contributed by atoms with Crippen LogP contribution in [-0.4, -0.2) is 166 Å². The molecule has 8 amide bonds. The maximum atomic E-state index is 14.7. The minimum absolute atomic E-state index is 0.0896. The average Bonchev–Trinajstić information content (AvgIpc) is 0.689. The Morgan fingerprint density at radius 3 is 1.24 bits per heavy atom. The zero-order valence-corrected chi connectivity index (χ0v) is 61.4. The van der Waals surface area contributed by atoms with Crippen LogP contribution in [0.15, 0.2) is 59.7 Å². The molecule has 2 unspecified atom stereocenters. The van der Waals surface area contributed by atoms with Crippen LogP contribution in [0.3, 0.4) is 0 Å². The summed E-state index contributed by atoms with van der Waals surface area (Å²) in [7, 11) is 3.46. The molecule has 4 aliphatic rings. The summed E-state index contributed by atoms with van der Waals surface area (Å²) in [5, 5.41) is 24.9. The number of likely N-dealkylation sites (N-methyl/N-ethyl adjacent to an activating group) is 2. The van der Waals surface area contributed by atoms with Gasteiger partial charge in [0.1, 0.15) is 16.8 Å². The molecule has 0 saturated carbocycles. The zero-order valence-electron chi connectivity index (χ0n) is 61.4. The fourth-order valence-corrected chi connectivity index (χ4v) is 12.9. The van der Waals surface area contributed by atoms with Gasteiger partial charge in [-0.05, 0) is 189 Å². The first-order valence-electron chi connectivity index (χ1n) is 36.2. The largest absolute Gasteiger partial charge is 0.444 e. The Bertz CT molecular complexity index is 3000. The predicted molar refractivity (Wildman–Crippen MR) is 387 cm³/mol. The molecule has 1 heterocycles. The van der Waals surface area contributed by atoms with Crippen LogP contribution >= 0.6 is 0 Å². The van der Waals surface area contributed by atoms with Gasteiger partial charge >= 0.3 is 18.3 Å². The summed E-state index contributed by atoms with van der Waals surface area (Å²) in [5.74, 6) is -0.882. The Balaban J connectivity index is 1.18. The van der Waals surface area contributed by atoms with Gasteiger partial charge < -0.3 is 70.7 Å². The second kappa shape index (κ2) is 39.9. The highest BCUT2D eigenvalue weighted by Gasteiger charge is 2.52. The molecule has 1 aliphatic heterocycles. The third kappa shape index (κ3) is 27.2. The van der Waals surface area contributed by atoms with Crippen LogP contribution in [-0.2, 0) is 53.1 Å². The number of ether oxygens (including phenoxy) is 5. The Kier molecular flexibility index (Phi) is 32.3. The molecule has 552 valence electrons. The molecule has 0 radical (unpaired) electrons. The molecule has 3 aromatic carbocycles. The van der Waals surface area contributed by atoms with E-state index in [2.05, 4.69) is 65.4 Å². The van der Waals surface area contributed by atoms with Crippen molar-refractivity contribution < 1.29 is 62.0 Å². The molecule has 25 heteroatoms. The molecule has 25 nitrogen and oxygen atoms in total. The molecular formula is C75H114N12O13. The highest BCUT2D eigenvalue weighted by Crippen LogP contribution is 2.62. The highest BCUT2D eigenvalue weighted by atomic mass is 16.6. The third-order valence-electron chi connectivity index (χ3n) is 17.7. The minimum atomic E-state index is -1.03. The van der Waals surface area contributed by atoms with E-state index in [1.807, 2.05) is 98.7 Å². The van der Waals surface area contributed by atoms with E-state index in [1.54, 1.807) is 23.9 Å². The Hall–Kier alpha value is -7.99. The minimum Gasteiger partial charge on any atom is -0.444 e. The quantitative estimate of drug-likeness (QED) is 0.00913. The van der Waals surface area contributed by atoms with Crippen LogP contribution in [0.4, 0.5) is 31.4 Å². The van der Waals surface area contributed by atoms with Gasteiger partial charge in [0.25, 0.3) is 0 Å². The summed E-state index contributed by atoms with van der Waals surface area (Å²) in [5.41, 5.74) is 13.7. The first-order chi connectivity index (χ1) is 47.5. The lowest BCUT2D eigenvalue weighted by Gasteiger charge is -2.51. The SMILES string of the molecule is CN(CCOCCOCCN(C)C(=O)C1CC(N=[N+]=[N-])CN1)C(=O)CCC12c3cc(NC(=O)CCCCCCCNC(=O)OC(C)(C)C)ccc3C(c3ccc(NC(=O)CCCCCCCNC(=O)OC(C)(C)C)cc31)c1ccc(NC(=O)CCCCCCCNC(=O)OC(C)(C)C)cc12. The summed E-state index contributed by atoms with van der Waals surface area (Å²) in [6.45, 7) is 20.2. The maximum absolute atomic E-state index is 14.7. The van der Waals surface area contributed by atoms with Crippen molar-refractivity contribution in [3.63, 3.8) is 0 Å². The number of unbranched alkanes of at least 4 members (excludes halogenated alkanes) is 12. The highest BCUT2D eigenvalue weighted by molar-refractivity contribution is 5.94. The molecule has 1 fully saturated rings. The van der Waals surface area contributed by atoms with E-state index in [-0.39, 0.29) is 74.2 Å². The van der Waals surface area contributed by atoms with Crippen molar-refractivity contribution >= 4 is 64.9 Å². The number of nitrogens with zero attached hydrogens (tertiary/aromatic N) is 5. The lowest BCUT2D eigenvalue weighted by molar-refractivity contribution is -0.133. The molecule has 2 bridgehead atoms. The molecular weight excluding hydrogens is 1280 g/mol. The standard InChI is InChI=1S/C75H114N12O13/c1-72(2,3)98-69(93)77-38-24-18-12-15-21-27-63(88)81-52-30-33-56-59(47-52)75(37-36-66(91)86(10)41-43-96-45-46-97-44-42-87(11)68(92)62-50-55(51-80-62)84-85-76)60-48-53(82-64(89)28-22-16-13-19-25-39-78-70(94)99-73(4,5)6)31-34-57(60)67(56)58-35-32-54(49-61(58)75)83-65(90)29-23-17-14-20-26-40-79-71(95)100-74(7,8)9/h30-35,47-49,55,62,67,80H,12-29,36-46,50-51H2,1-11H3,(H,77,93)(H,78,94)(H,79,95)(H,81,88)(H,82,89)(H,83,90). The van der Waals surface area contributed by atoms with E-state index in [1.165, 1.54) is 0 Å². The van der Waals surface area contributed by atoms with Crippen molar-refractivity contribution in [1.29, 1.82) is 0 Å². The van der Waals surface area contributed by atoms with Crippen molar-refractivity contribution in [3.05, 3.63) is 98.4 Å². The third-order valence-corrected chi connectivity index (χ3v) is 17.7. The van der Waals surface area contributed by atoms with Gasteiger partial charge in [0.2, 0.25) is 29.5 Å². The van der Waals surface area contributed by atoms with Gasteiger partial charge in [0, 0.05) is 112 Å². The summed E-state index contributed by atoms with van der Waals surface area (Å²) >= 11 is 0. The second-order valence-corrected chi connectivity index (χ2v) is 29.6. The van der Waals surface area contributed by atoms with E-state index in [0.717, 1.165) is 110 Å². The molecule has 1 saturated heterocycles. The van der Waals surface area contributed by atoms with Crippen molar-refractivity contribution in [3.8, 4) is 0 Å². The number of carbonyl (C=O) groups is 8. The first kappa shape index (κ1) is 81.0. The monoisotopic (exact) mass is 1390 g/mol. The van der Waals surface area contributed by atoms with Crippen LogP contribution < -0.4 is 37.2 Å². The van der Waals surface area contributed by atoms with Gasteiger partial charge in [-0.15, -0.1) is 0 Å². The van der Waals surface area contributed by atoms with Gasteiger partial charge in [-0.1, -0.05) is 81.1 Å². The summed E-state index contributed by atoms with van der Waals surface area (Å²) in [4.78, 5) is 112. The van der Waals surface area contributed by atoms with Crippen molar-refractivity contribution in [2.75, 3.05) is 95.7 Å². The van der Waals surface area contributed by atoms with Crippen molar-refractivity contribution in [2.45, 2.75) is 237 Å². The van der Waals surface area contributed by atoms with E-state index >= 15 is 0 Å². The number of hydrogen-bond donors (Lipinski definition) is 7. The number of benzene rings is 3. The number of alkyl carbamates (subject to hydrolysis) is 3. The van der Waals surface area contributed by atoms with Crippen molar-refractivity contribution in [1.82, 2.24) is 31.1 Å². The maximum Gasteiger partial charge on any atom is 0.407 e. The Morgan fingerprint density at radius 2 is 0.870 bits per heavy atom. The lowest BCUT2D eigenvalue weighted by atomic mass is 9.51. The van der Waals surface area contributed by atoms with E-state index in [9.17, 15) is 38.4 Å². The molecule has 2 atom stereocenters. The van der Waals surface area contributed by atoms with Crippen molar-refractivity contribution in [2.24, 2.45) is 5.11 Å². The van der Waals surface area contributed by atoms with Crippen LogP contribution in [0, 0.1) is 0 Å². The number of amides is 8. The number of carbonyl (C=O) groups excluding carboxylic acids is 8. The summed E-state index contributed by atoms with van der Waals surface area (Å²) in [6, 6.07) is 17.5. The van der Waals surface area contributed by atoms with Gasteiger partial charge in [-0.2, -0.15) is 0 Å². The molecule has 0 aromatic heterocycles. The zero-order chi connectivity index (χ0) is 72.9. The molecule has 3 aliphatic carbocycles. The normalized spacial score (nSPS) is 16.5. The topological polar surface area (TPSA) is 322 Å². The average molecular weight is 1390 g/mol. The number of hydrogen-bond acceptors (Lipinski definition) is 15. The first-order valence-corrected chi connectivity index (χ1v) is 36.2. The fraction of sp³-hybridized carbons (Fsp3) is 0.653. The molecule has 100 heavy (non-hydrogen) atoms. The molecule has 7 N–H and O–H groups in total. The summed E-state index contributed by atoms with van der Waals surface area (Å²) in [6.07, 6.45) is 12.7. The van der Waals surface area contributed by atoms with Crippen LogP contribution in [0.2, 0.25) is 0 Å². The number of azide groups is 1. The smallest absolute Gasteiger partial charge is 0.407 e. The van der Waals surface area contributed by atoms with Gasteiger partial charge in [-0.3, -0.25) is 24.0 Å². The Morgan fingerprint density at radius 1 is 0.510 bits per heavy atom.